The van der Waals surface area contributed by atoms with E-state index < -0.39 is 23.1 Å². The van der Waals surface area contributed by atoms with Crippen LogP contribution in [0.2, 0.25) is 0 Å². The van der Waals surface area contributed by atoms with E-state index in [1.807, 2.05) is 0 Å². The highest BCUT2D eigenvalue weighted by Gasteiger charge is 2.23. The molecule has 0 aliphatic carbocycles. The first kappa shape index (κ1) is 13.5. The van der Waals surface area contributed by atoms with Crippen LogP contribution in [0.5, 0.6) is 0 Å². The minimum absolute atomic E-state index is 0.0437. The summed E-state index contributed by atoms with van der Waals surface area (Å²) in [6, 6.07) is 4.36. The third-order valence-corrected chi connectivity index (χ3v) is 2.74. The molecule has 19 heavy (non-hydrogen) atoms. The highest BCUT2D eigenvalue weighted by Crippen LogP contribution is 2.29. The van der Waals surface area contributed by atoms with Crippen LogP contribution in [0.1, 0.15) is 19.4 Å². The van der Waals surface area contributed by atoms with Crippen molar-refractivity contribution >= 4 is 0 Å². The van der Waals surface area contributed by atoms with E-state index in [2.05, 4.69) is 4.98 Å². The third-order valence-electron chi connectivity index (χ3n) is 2.74. The molecule has 0 fully saturated rings. The molecule has 0 unspecified atom stereocenters. The lowest BCUT2D eigenvalue weighted by atomic mass is 9.96. The lowest BCUT2D eigenvalue weighted by Gasteiger charge is -2.19. The van der Waals surface area contributed by atoms with Crippen LogP contribution >= 0.6 is 0 Å². The maximum absolute atomic E-state index is 14.2. The molecule has 0 radical (unpaired) electrons. The molecule has 1 N–H and O–H groups in total. The summed E-state index contributed by atoms with van der Waals surface area (Å²) in [5, 5.41) is 9.84. The van der Waals surface area contributed by atoms with Crippen molar-refractivity contribution in [2.24, 2.45) is 0 Å². The van der Waals surface area contributed by atoms with Crippen molar-refractivity contribution in [1.29, 1.82) is 0 Å². The number of nitrogens with zero attached hydrogens (tertiary/aromatic N) is 1. The standard InChI is InChI=1S/C14H12F3NO/c1-14(2,19)9-5-6-18-13(12(9)17)8-3-4-10(15)11(16)7-8/h3-7,19H,1-2H3. The second-order valence-electron chi connectivity index (χ2n) is 4.71. The first-order valence-corrected chi connectivity index (χ1v) is 5.63. The van der Waals surface area contributed by atoms with Gasteiger partial charge in [-0.25, -0.2) is 13.2 Å². The van der Waals surface area contributed by atoms with Crippen LogP contribution in [0.3, 0.4) is 0 Å². The van der Waals surface area contributed by atoms with Crippen molar-refractivity contribution in [3.05, 3.63) is 53.5 Å². The van der Waals surface area contributed by atoms with Gasteiger partial charge in [0.25, 0.3) is 0 Å². The summed E-state index contributed by atoms with van der Waals surface area (Å²) in [5.74, 6) is -2.84. The molecule has 2 aromatic rings. The van der Waals surface area contributed by atoms with Crippen LogP contribution in [0.15, 0.2) is 30.5 Å². The molecule has 100 valence electrons. The number of aromatic nitrogens is 1. The quantitative estimate of drug-likeness (QED) is 0.904. The normalized spacial score (nSPS) is 11.7. The lowest BCUT2D eigenvalue weighted by Crippen LogP contribution is -2.18. The minimum atomic E-state index is -1.39. The average molecular weight is 267 g/mol. The summed E-state index contributed by atoms with van der Waals surface area (Å²) < 4.78 is 40.3. The Bertz CT molecular complexity index is 621. The Morgan fingerprint density at radius 2 is 1.74 bits per heavy atom. The van der Waals surface area contributed by atoms with Gasteiger partial charge in [-0.05, 0) is 38.1 Å². The Morgan fingerprint density at radius 1 is 1.05 bits per heavy atom. The number of halogens is 3. The van der Waals surface area contributed by atoms with Gasteiger partial charge in [-0.15, -0.1) is 0 Å². The summed E-state index contributed by atoms with van der Waals surface area (Å²) in [5.41, 5.74) is -1.36. The summed E-state index contributed by atoms with van der Waals surface area (Å²) >= 11 is 0. The van der Waals surface area contributed by atoms with E-state index in [1.165, 1.54) is 32.2 Å². The van der Waals surface area contributed by atoms with Gasteiger partial charge in [0.1, 0.15) is 5.69 Å². The van der Waals surface area contributed by atoms with E-state index in [0.717, 1.165) is 12.1 Å². The Kier molecular flexibility index (Phi) is 3.32. The van der Waals surface area contributed by atoms with Gasteiger partial charge < -0.3 is 5.11 Å². The molecule has 0 amide bonds. The highest BCUT2D eigenvalue weighted by atomic mass is 19.2. The fourth-order valence-corrected chi connectivity index (χ4v) is 1.76. The first-order valence-electron chi connectivity index (χ1n) is 5.63. The summed E-state index contributed by atoms with van der Waals surface area (Å²) in [7, 11) is 0. The molecule has 2 nitrogen and oxygen atoms in total. The van der Waals surface area contributed by atoms with Gasteiger partial charge >= 0.3 is 0 Å². The van der Waals surface area contributed by atoms with Gasteiger partial charge in [0.05, 0.1) is 5.60 Å². The maximum atomic E-state index is 14.2. The molecule has 1 aromatic heterocycles. The van der Waals surface area contributed by atoms with Crippen LogP contribution in [0.4, 0.5) is 13.2 Å². The number of hydrogen-bond acceptors (Lipinski definition) is 2. The van der Waals surface area contributed by atoms with Gasteiger partial charge in [0.2, 0.25) is 0 Å². The molecule has 0 aliphatic rings. The van der Waals surface area contributed by atoms with E-state index in [9.17, 15) is 18.3 Å². The van der Waals surface area contributed by atoms with Crippen LogP contribution < -0.4 is 0 Å². The van der Waals surface area contributed by atoms with Crippen molar-refractivity contribution in [2.45, 2.75) is 19.4 Å². The molecule has 5 heteroatoms. The largest absolute Gasteiger partial charge is 0.386 e. The second-order valence-corrected chi connectivity index (χ2v) is 4.71. The Labute approximate surface area is 108 Å². The predicted molar refractivity (Wildman–Crippen MR) is 64.8 cm³/mol. The molecule has 1 heterocycles. The smallest absolute Gasteiger partial charge is 0.159 e. The highest BCUT2D eigenvalue weighted by molar-refractivity contribution is 5.61. The molecule has 0 aliphatic heterocycles. The van der Waals surface area contributed by atoms with Crippen LogP contribution in [0, 0.1) is 17.5 Å². The van der Waals surface area contributed by atoms with Crippen molar-refractivity contribution in [2.75, 3.05) is 0 Å². The van der Waals surface area contributed by atoms with Gasteiger partial charge in [-0.1, -0.05) is 0 Å². The molecule has 0 saturated carbocycles. The summed E-state index contributed by atoms with van der Waals surface area (Å²) in [4.78, 5) is 3.82. The van der Waals surface area contributed by atoms with Gasteiger partial charge in [-0.2, -0.15) is 0 Å². The summed E-state index contributed by atoms with van der Waals surface area (Å²) in [6.07, 6.45) is 1.31. The molecule has 0 spiro atoms. The average Bonchev–Trinajstić information content (AvgIpc) is 2.32. The first-order chi connectivity index (χ1) is 8.80. The Hall–Kier alpha value is -1.88. The molecular formula is C14H12F3NO. The number of hydrogen-bond donors (Lipinski definition) is 1. The van der Waals surface area contributed by atoms with Crippen LogP contribution in [-0.2, 0) is 5.60 Å². The minimum Gasteiger partial charge on any atom is -0.386 e. The number of rotatable bonds is 2. The zero-order valence-corrected chi connectivity index (χ0v) is 10.4. The number of pyridine rings is 1. The third kappa shape index (κ3) is 2.61. The fourth-order valence-electron chi connectivity index (χ4n) is 1.76. The van der Waals surface area contributed by atoms with E-state index in [4.69, 9.17) is 0 Å². The molecule has 0 bridgehead atoms. The van der Waals surface area contributed by atoms with Crippen molar-refractivity contribution in [3.63, 3.8) is 0 Å². The van der Waals surface area contributed by atoms with E-state index in [-0.39, 0.29) is 16.8 Å². The maximum Gasteiger partial charge on any atom is 0.159 e. The predicted octanol–water partition coefficient (Wildman–Crippen LogP) is 3.39. The van der Waals surface area contributed by atoms with Crippen LogP contribution in [0.25, 0.3) is 11.3 Å². The fraction of sp³-hybridized carbons (Fsp3) is 0.214. The Morgan fingerprint density at radius 3 is 2.32 bits per heavy atom. The van der Waals surface area contributed by atoms with Gasteiger partial charge in [0, 0.05) is 17.3 Å². The monoisotopic (exact) mass is 267 g/mol. The number of benzene rings is 1. The zero-order valence-electron chi connectivity index (χ0n) is 10.4. The molecule has 1 aromatic carbocycles. The second kappa shape index (κ2) is 4.66. The summed E-state index contributed by atoms with van der Waals surface area (Å²) in [6.45, 7) is 2.86. The molecule has 0 saturated heterocycles. The Balaban J connectivity index is 2.60. The lowest BCUT2D eigenvalue weighted by molar-refractivity contribution is 0.0745. The van der Waals surface area contributed by atoms with Gasteiger partial charge in [-0.3, -0.25) is 4.98 Å². The molecular weight excluding hydrogens is 255 g/mol. The van der Waals surface area contributed by atoms with Gasteiger partial charge in [0.15, 0.2) is 17.5 Å². The van der Waals surface area contributed by atoms with Crippen molar-refractivity contribution in [1.82, 2.24) is 4.98 Å². The zero-order chi connectivity index (χ0) is 14.2. The topological polar surface area (TPSA) is 33.1 Å². The molecule has 0 atom stereocenters. The molecule has 2 rings (SSSR count). The SMILES string of the molecule is CC(C)(O)c1ccnc(-c2ccc(F)c(F)c2)c1F. The number of aliphatic hydroxyl groups is 1. The van der Waals surface area contributed by atoms with E-state index in [0.29, 0.717) is 0 Å². The van der Waals surface area contributed by atoms with Crippen LogP contribution in [-0.4, -0.2) is 10.1 Å². The van der Waals surface area contributed by atoms with E-state index in [1.54, 1.807) is 0 Å². The van der Waals surface area contributed by atoms with Crippen molar-refractivity contribution in [3.8, 4) is 11.3 Å². The van der Waals surface area contributed by atoms with E-state index >= 15 is 0 Å². The van der Waals surface area contributed by atoms with Crippen molar-refractivity contribution < 1.29 is 18.3 Å².